The summed E-state index contributed by atoms with van der Waals surface area (Å²) >= 11 is 3.10. The fourth-order valence-corrected chi connectivity index (χ4v) is 1.90. The van der Waals surface area contributed by atoms with E-state index in [-0.39, 0.29) is 12.4 Å². The third-order valence-electron chi connectivity index (χ3n) is 2.68. The lowest BCUT2D eigenvalue weighted by Gasteiger charge is -2.03. The molecule has 18 heavy (non-hydrogen) atoms. The minimum Gasteiger partial charge on any atom is -0.484 e. The van der Waals surface area contributed by atoms with Crippen molar-refractivity contribution >= 4 is 15.9 Å². The zero-order valence-corrected chi connectivity index (χ0v) is 11.0. The Morgan fingerprint density at radius 3 is 3.00 bits per heavy atom. The van der Waals surface area contributed by atoms with Gasteiger partial charge in [-0.1, -0.05) is 5.16 Å². The summed E-state index contributed by atoms with van der Waals surface area (Å²) < 4.78 is 23.9. The second-order valence-corrected chi connectivity index (χ2v) is 5.04. The molecule has 4 nitrogen and oxygen atoms in total. The van der Waals surface area contributed by atoms with Crippen LogP contribution in [0, 0.1) is 5.82 Å². The first kappa shape index (κ1) is 11.6. The Morgan fingerprint density at radius 1 is 1.44 bits per heavy atom. The predicted molar refractivity (Wildman–Crippen MR) is 64.7 cm³/mol. The SMILES string of the molecule is Fc1ccc(OCc2nc(C3CC3)no2)cc1Br. The van der Waals surface area contributed by atoms with Gasteiger partial charge in [-0.3, -0.25) is 0 Å². The van der Waals surface area contributed by atoms with Crippen LogP contribution in [0.25, 0.3) is 0 Å². The van der Waals surface area contributed by atoms with Crippen LogP contribution in [-0.4, -0.2) is 10.1 Å². The highest BCUT2D eigenvalue weighted by Gasteiger charge is 2.28. The highest BCUT2D eigenvalue weighted by atomic mass is 79.9. The molecule has 0 aliphatic heterocycles. The molecule has 2 aromatic rings. The third-order valence-corrected chi connectivity index (χ3v) is 3.29. The summed E-state index contributed by atoms with van der Waals surface area (Å²) in [5, 5.41) is 3.89. The zero-order valence-electron chi connectivity index (χ0n) is 9.40. The van der Waals surface area contributed by atoms with Gasteiger partial charge in [0.05, 0.1) is 4.47 Å². The molecule has 3 rings (SSSR count). The van der Waals surface area contributed by atoms with Crippen molar-refractivity contribution in [2.75, 3.05) is 0 Å². The molecule has 0 spiro atoms. The fraction of sp³-hybridized carbons (Fsp3) is 0.333. The van der Waals surface area contributed by atoms with Crippen LogP contribution < -0.4 is 4.74 Å². The maximum absolute atomic E-state index is 13.0. The molecular formula is C12H10BrFN2O2. The molecule has 0 bridgehead atoms. The minimum absolute atomic E-state index is 0.192. The Labute approximate surface area is 111 Å². The summed E-state index contributed by atoms with van der Waals surface area (Å²) in [7, 11) is 0. The van der Waals surface area contributed by atoms with Gasteiger partial charge in [-0.15, -0.1) is 0 Å². The number of hydrogen-bond acceptors (Lipinski definition) is 4. The van der Waals surface area contributed by atoms with Gasteiger partial charge in [-0.2, -0.15) is 4.98 Å². The molecule has 1 heterocycles. The Kier molecular flexibility index (Phi) is 3.03. The van der Waals surface area contributed by atoms with Crippen molar-refractivity contribution in [1.82, 2.24) is 10.1 Å². The summed E-state index contributed by atoms with van der Waals surface area (Å²) in [6.07, 6.45) is 2.26. The molecule has 1 fully saturated rings. The van der Waals surface area contributed by atoms with Crippen LogP contribution in [0.15, 0.2) is 27.2 Å². The molecule has 0 radical (unpaired) electrons. The van der Waals surface area contributed by atoms with Crippen LogP contribution in [0.3, 0.4) is 0 Å². The average molecular weight is 313 g/mol. The van der Waals surface area contributed by atoms with E-state index in [1.807, 2.05) is 0 Å². The van der Waals surface area contributed by atoms with Crippen LogP contribution in [0.4, 0.5) is 4.39 Å². The summed E-state index contributed by atoms with van der Waals surface area (Å²) in [6, 6.07) is 4.45. The molecule has 0 amide bonds. The van der Waals surface area contributed by atoms with Crippen molar-refractivity contribution in [3.8, 4) is 5.75 Å². The number of nitrogens with zero attached hydrogens (tertiary/aromatic N) is 2. The molecule has 1 saturated carbocycles. The summed E-state index contributed by atoms with van der Waals surface area (Å²) in [5.41, 5.74) is 0. The normalized spacial score (nSPS) is 14.8. The molecule has 0 N–H and O–H groups in total. The average Bonchev–Trinajstić information content (AvgIpc) is 3.11. The van der Waals surface area contributed by atoms with Crippen molar-refractivity contribution in [1.29, 1.82) is 0 Å². The molecule has 1 aromatic heterocycles. The molecule has 0 saturated heterocycles. The maximum Gasteiger partial charge on any atom is 0.264 e. The minimum atomic E-state index is -0.323. The van der Waals surface area contributed by atoms with Gasteiger partial charge in [-0.25, -0.2) is 4.39 Å². The molecule has 0 unspecified atom stereocenters. The monoisotopic (exact) mass is 312 g/mol. The number of benzene rings is 1. The highest BCUT2D eigenvalue weighted by molar-refractivity contribution is 9.10. The van der Waals surface area contributed by atoms with Gasteiger partial charge >= 0.3 is 0 Å². The van der Waals surface area contributed by atoms with Crippen LogP contribution >= 0.6 is 15.9 Å². The van der Waals surface area contributed by atoms with Crippen LogP contribution in [0.1, 0.15) is 30.5 Å². The topological polar surface area (TPSA) is 48.2 Å². The fourth-order valence-electron chi connectivity index (χ4n) is 1.55. The second-order valence-electron chi connectivity index (χ2n) is 4.19. The van der Waals surface area contributed by atoms with Gasteiger partial charge in [0.1, 0.15) is 11.6 Å². The molecule has 94 valence electrons. The first-order valence-corrected chi connectivity index (χ1v) is 6.42. The zero-order chi connectivity index (χ0) is 12.5. The lowest BCUT2D eigenvalue weighted by Crippen LogP contribution is -1.96. The quantitative estimate of drug-likeness (QED) is 0.868. The maximum atomic E-state index is 13.0. The Hall–Kier alpha value is -1.43. The van der Waals surface area contributed by atoms with Gasteiger partial charge < -0.3 is 9.26 Å². The van der Waals surface area contributed by atoms with E-state index >= 15 is 0 Å². The summed E-state index contributed by atoms with van der Waals surface area (Å²) in [4.78, 5) is 4.24. The van der Waals surface area contributed by atoms with E-state index in [1.165, 1.54) is 6.07 Å². The van der Waals surface area contributed by atoms with E-state index in [4.69, 9.17) is 9.26 Å². The van der Waals surface area contributed by atoms with Crippen molar-refractivity contribution < 1.29 is 13.7 Å². The molecule has 1 aromatic carbocycles. The lowest BCUT2D eigenvalue weighted by atomic mass is 10.3. The molecule has 6 heteroatoms. The van der Waals surface area contributed by atoms with Gasteiger partial charge in [-0.05, 0) is 47.0 Å². The van der Waals surface area contributed by atoms with Crippen molar-refractivity contribution in [2.45, 2.75) is 25.4 Å². The molecule has 1 aliphatic carbocycles. The summed E-state index contributed by atoms with van der Waals surface area (Å²) in [5.74, 6) is 1.89. The van der Waals surface area contributed by atoms with E-state index in [0.717, 1.165) is 18.7 Å². The third kappa shape index (κ3) is 2.53. The largest absolute Gasteiger partial charge is 0.484 e. The number of halogens is 2. The van der Waals surface area contributed by atoms with Crippen LogP contribution in [0.2, 0.25) is 0 Å². The predicted octanol–water partition coefficient (Wildman–Crippen LogP) is 3.43. The van der Waals surface area contributed by atoms with Gasteiger partial charge in [0.15, 0.2) is 12.4 Å². The van der Waals surface area contributed by atoms with E-state index in [2.05, 4.69) is 26.1 Å². The first-order valence-electron chi connectivity index (χ1n) is 5.63. The van der Waals surface area contributed by atoms with Gasteiger partial charge in [0.2, 0.25) is 0 Å². The first-order chi connectivity index (χ1) is 8.72. The van der Waals surface area contributed by atoms with E-state index in [0.29, 0.717) is 22.0 Å². The Morgan fingerprint density at radius 2 is 2.28 bits per heavy atom. The Bertz CT molecular complexity index is 569. The van der Waals surface area contributed by atoms with E-state index in [1.54, 1.807) is 12.1 Å². The molecular weight excluding hydrogens is 303 g/mol. The highest BCUT2D eigenvalue weighted by Crippen LogP contribution is 2.38. The number of rotatable bonds is 4. The summed E-state index contributed by atoms with van der Waals surface area (Å²) in [6.45, 7) is 0.192. The lowest BCUT2D eigenvalue weighted by molar-refractivity contribution is 0.242. The van der Waals surface area contributed by atoms with Crippen LogP contribution in [0.5, 0.6) is 5.75 Å². The van der Waals surface area contributed by atoms with E-state index < -0.39 is 0 Å². The number of ether oxygens (including phenoxy) is 1. The molecule has 0 atom stereocenters. The van der Waals surface area contributed by atoms with Gasteiger partial charge in [0, 0.05) is 5.92 Å². The van der Waals surface area contributed by atoms with Gasteiger partial charge in [0.25, 0.3) is 5.89 Å². The number of hydrogen-bond donors (Lipinski definition) is 0. The molecule has 1 aliphatic rings. The van der Waals surface area contributed by atoms with Crippen molar-refractivity contribution in [3.05, 3.63) is 40.2 Å². The van der Waals surface area contributed by atoms with Crippen LogP contribution in [-0.2, 0) is 6.61 Å². The standard InChI is InChI=1S/C12H10BrFN2O2/c13-9-5-8(3-4-10(9)14)17-6-11-15-12(16-18-11)7-1-2-7/h3-5,7H,1-2,6H2. The smallest absolute Gasteiger partial charge is 0.264 e. The number of aromatic nitrogens is 2. The van der Waals surface area contributed by atoms with Crippen molar-refractivity contribution in [2.24, 2.45) is 0 Å². The second kappa shape index (κ2) is 4.68. The van der Waals surface area contributed by atoms with Crippen molar-refractivity contribution in [3.63, 3.8) is 0 Å². The van der Waals surface area contributed by atoms with E-state index in [9.17, 15) is 4.39 Å². The Balaban J connectivity index is 1.63.